The van der Waals surface area contributed by atoms with Gasteiger partial charge in [0.2, 0.25) is 0 Å². The maximum absolute atomic E-state index is 14.8. The SMILES string of the molecule is CC(C)(C)[Si](OC/C=C(/F)C(O)c1ccc(C(F)(F)F)cc1)(c1ccccc1)c1ccccc1. The maximum atomic E-state index is 14.8. The second-order valence-electron chi connectivity index (χ2n) is 9.09. The van der Waals surface area contributed by atoms with E-state index in [0.29, 0.717) is 0 Å². The van der Waals surface area contributed by atoms with E-state index in [4.69, 9.17) is 4.43 Å². The van der Waals surface area contributed by atoms with Gasteiger partial charge in [-0.3, -0.25) is 0 Å². The van der Waals surface area contributed by atoms with Gasteiger partial charge in [-0.2, -0.15) is 13.2 Å². The molecule has 3 aromatic carbocycles. The smallest absolute Gasteiger partial charge is 0.404 e. The first-order chi connectivity index (χ1) is 16.0. The minimum atomic E-state index is -4.50. The van der Waals surface area contributed by atoms with Crippen LogP contribution in [0.5, 0.6) is 0 Å². The van der Waals surface area contributed by atoms with Crippen molar-refractivity contribution in [3.63, 3.8) is 0 Å². The Morgan fingerprint density at radius 1 is 0.853 bits per heavy atom. The third-order valence-electron chi connectivity index (χ3n) is 5.81. The van der Waals surface area contributed by atoms with Gasteiger partial charge in [0.25, 0.3) is 8.32 Å². The fourth-order valence-corrected chi connectivity index (χ4v) is 8.62. The molecule has 0 fully saturated rings. The number of rotatable bonds is 7. The zero-order valence-corrected chi connectivity index (χ0v) is 20.3. The van der Waals surface area contributed by atoms with E-state index in [1.165, 1.54) is 0 Å². The van der Waals surface area contributed by atoms with Gasteiger partial charge in [-0.05, 0) is 39.2 Å². The summed E-state index contributed by atoms with van der Waals surface area (Å²) in [4.78, 5) is 0. The fourth-order valence-electron chi connectivity index (χ4n) is 4.13. The molecule has 34 heavy (non-hydrogen) atoms. The van der Waals surface area contributed by atoms with Gasteiger partial charge in [0.05, 0.1) is 12.2 Å². The van der Waals surface area contributed by atoms with Crippen molar-refractivity contribution in [2.45, 2.75) is 38.1 Å². The molecular formula is C27H28F4O2Si. The first kappa shape index (κ1) is 25.9. The third-order valence-corrected chi connectivity index (χ3v) is 10.8. The number of alkyl halides is 3. The monoisotopic (exact) mass is 488 g/mol. The molecule has 3 aromatic rings. The van der Waals surface area contributed by atoms with Crippen molar-refractivity contribution in [1.82, 2.24) is 0 Å². The third kappa shape index (κ3) is 5.49. The van der Waals surface area contributed by atoms with Crippen molar-refractivity contribution in [2.24, 2.45) is 0 Å². The molecule has 0 aromatic heterocycles. The van der Waals surface area contributed by atoms with Crippen LogP contribution < -0.4 is 10.4 Å². The largest absolute Gasteiger partial charge is 0.416 e. The summed E-state index contributed by atoms with van der Waals surface area (Å²) < 4.78 is 59.7. The molecule has 1 unspecified atom stereocenters. The highest BCUT2D eigenvalue weighted by Crippen LogP contribution is 2.37. The normalized spacial score (nSPS) is 14.2. The zero-order chi connectivity index (χ0) is 25.0. The topological polar surface area (TPSA) is 29.5 Å². The molecule has 0 spiro atoms. The molecule has 180 valence electrons. The highest BCUT2D eigenvalue weighted by atomic mass is 28.4. The number of benzene rings is 3. The zero-order valence-electron chi connectivity index (χ0n) is 19.3. The quantitative estimate of drug-likeness (QED) is 0.318. The van der Waals surface area contributed by atoms with E-state index in [0.717, 1.165) is 40.7 Å². The average molecular weight is 489 g/mol. The standard InChI is InChI=1S/C27H28F4O2Si/c1-26(2,3)34(22-10-6-4-7-11-22,23-12-8-5-9-13-23)33-19-18-24(28)25(32)20-14-16-21(17-15-20)27(29,30)31/h4-18,25,32H,19H2,1-3H3/b24-18+. The summed E-state index contributed by atoms with van der Waals surface area (Å²) in [6.07, 6.45) is -5.02. The van der Waals surface area contributed by atoms with E-state index >= 15 is 0 Å². The summed E-state index contributed by atoms with van der Waals surface area (Å²) in [5, 5.41) is 12.1. The number of aliphatic hydroxyl groups excluding tert-OH is 1. The molecule has 0 radical (unpaired) electrons. The predicted molar refractivity (Wildman–Crippen MR) is 129 cm³/mol. The molecule has 7 heteroatoms. The lowest BCUT2D eigenvalue weighted by Crippen LogP contribution is -2.66. The van der Waals surface area contributed by atoms with Crippen molar-refractivity contribution in [2.75, 3.05) is 6.61 Å². The van der Waals surface area contributed by atoms with Gasteiger partial charge in [0.15, 0.2) is 0 Å². The number of halogens is 4. The Balaban J connectivity index is 1.90. The van der Waals surface area contributed by atoms with Crippen LogP contribution in [0.15, 0.2) is 96.8 Å². The Kier molecular flexibility index (Phi) is 7.80. The molecular weight excluding hydrogens is 460 g/mol. The summed E-state index contributed by atoms with van der Waals surface area (Å²) in [6, 6.07) is 23.5. The van der Waals surface area contributed by atoms with Crippen LogP contribution in [0.2, 0.25) is 5.04 Å². The van der Waals surface area contributed by atoms with Gasteiger partial charge in [0.1, 0.15) is 11.9 Å². The van der Waals surface area contributed by atoms with Crippen LogP contribution in [0.1, 0.15) is 38.0 Å². The molecule has 0 aliphatic heterocycles. The van der Waals surface area contributed by atoms with Crippen molar-refractivity contribution in [1.29, 1.82) is 0 Å². The van der Waals surface area contributed by atoms with Crippen molar-refractivity contribution in [3.05, 3.63) is 108 Å². The van der Waals surface area contributed by atoms with Gasteiger partial charge < -0.3 is 9.53 Å². The lowest BCUT2D eigenvalue weighted by atomic mass is 10.1. The molecule has 0 saturated heterocycles. The number of hydrogen-bond donors (Lipinski definition) is 1. The number of aliphatic hydroxyl groups is 1. The van der Waals surface area contributed by atoms with Crippen LogP contribution in [0, 0.1) is 0 Å². The summed E-state index contributed by atoms with van der Waals surface area (Å²) in [5.74, 6) is -0.877. The second-order valence-corrected chi connectivity index (χ2v) is 13.4. The van der Waals surface area contributed by atoms with Crippen LogP contribution in [-0.2, 0) is 10.6 Å². The van der Waals surface area contributed by atoms with Gasteiger partial charge >= 0.3 is 6.18 Å². The van der Waals surface area contributed by atoms with Crippen molar-refractivity contribution in [3.8, 4) is 0 Å². The molecule has 0 aliphatic rings. The maximum Gasteiger partial charge on any atom is 0.416 e. The number of hydrogen-bond acceptors (Lipinski definition) is 2. The van der Waals surface area contributed by atoms with Crippen LogP contribution in [-0.4, -0.2) is 20.0 Å². The Labute approximate surface area is 198 Å². The van der Waals surface area contributed by atoms with E-state index in [2.05, 4.69) is 20.8 Å². The first-order valence-electron chi connectivity index (χ1n) is 10.9. The van der Waals surface area contributed by atoms with Crippen molar-refractivity contribution < 1.29 is 27.1 Å². The van der Waals surface area contributed by atoms with E-state index < -0.39 is 32.0 Å². The van der Waals surface area contributed by atoms with Gasteiger partial charge in [-0.25, -0.2) is 4.39 Å². The summed E-state index contributed by atoms with van der Waals surface area (Å²) >= 11 is 0. The van der Waals surface area contributed by atoms with Crippen molar-refractivity contribution >= 4 is 18.7 Å². The highest BCUT2D eigenvalue weighted by molar-refractivity contribution is 6.99. The molecule has 0 heterocycles. The van der Waals surface area contributed by atoms with Crippen LogP contribution >= 0.6 is 0 Å². The summed E-state index contributed by atoms with van der Waals surface area (Å²) in [6.45, 7) is 6.18. The molecule has 0 saturated carbocycles. The Bertz CT molecular complexity index is 1050. The first-order valence-corrected chi connectivity index (χ1v) is 12.8. The highest BCUT2D eigenvalue weighted by Gasteiger charge is 2.50. The Morgan fingerprint density at radius 3 is 1.74 bits per heavy atom. The fraction of sp³-hybridized carbons (Fsp3) is 0.259. The van der Waals surface area contributed by atoms with Gasteiger partial charge in [-0.1, -0.05) is 93.6 Å². The summed E-state index contributed by atoms with van der Waals surface area (Å²) in [7, 11) is -2.88. The molecule has 1 atom stereocenters. The van der Waals surface area contributed by atoms with E-state index in [1.807, 2.05) is 60.7 Å². The lowest BCUT2D eigenvalue weighted by molar-refractivity contribution is -0.137. The Morgan fingerprint density at radius 2 is 1.32 bits per heavy atom. The Hall–Kier alpha value is -2.74. The van der Waals surface area contributed by atoms with E-state index in [-0.39, 0.29) is 17.2 Å². The molecule has 0 bridgehead atoms. The van der Waals surface area contributed by atoms with E-state index in [1.54, 1.807) is 0 Å². The lowest BCUT2D eigenvalue weighted by Gasteiger charge is -2.42. The van der Waals surface area contributed by atoms with Crippen LogP contribution in [0.3, 0.4) is 0 Å². The van der Waals surface area contributed by atoms with Gasteiger partial charge in [0, 0.05) is 0 Å². The molecule has 1 N–H and O–H groups in total. The molecule has 0 aliphatic carbocycles. The van der Waals surface area contributed by atoms with Crippen LogP contribution in [0.25, 0.3) is 0 Å². The summed E-state index contributed by atoms with van der Waals surface area (Å²) in [5.41, 5.74) is -0.824. The second kappa shape index (κ2) is 10.3. The molecule has 2 nitrogen and oxygen atoms in total. The predicted octanol–water partition coefficient (Wildman–Crippen LogP) is 6.17. The van der Waals surface area contributed by atoms with Gasteiger partial charge in [-0.15, -0.1) is 0 Å². The molecule has 3 rings (SSSR count). The minimum Gasteiger partial charge on any atom is -0.404 e. The average Bonchev–Trinajstić information content (AvgIpc) is 2.81. The molecule has 0 amide bonds. The van der Waals surface area contributed by atoms with E-state index in [9.17, 15) is 22.7 Å². The van der Waals surface area contributed by atoms with Crippen LogP contribution in [0.4, 0.5) is 17.6 Å². The minimum absolute atomic E-state index is 0.0344.